The molecule has 0 saturated carbocycles. The van der Waals surface area contributed by atoms with Crippen molar-refractivity contribution in [3.63, 3.8) is 0 Å². The summed E-state index contributed by atoms with van der Waals surface area (Å²) in [6.45, 7) is 0. The number of hydrogen-bond donors (Lipinski definition) is 0. The Kier molecular flexibility index (Phi) is 2.89. The second-order valence-electron chi connectivity index (χ2n) is 1.52. The molecule has 0 aliphatic heterocycles. The minimum atomic E-state index is 0.443. The number of hydrogen-bond acceptors (Lipinski definition) is 4. The van der Waals surface area contributed by atoms with Gasteiger partial charge in [0.15, 0.2) is 0 Å². The standard InChI is InChI=1S/C6H6N2OS/c9-3-4-10-6-5-7-1-2-8-6/h1-3,5H,4H2. The minimum Gasteiger partial charge on any atom is -0.302 e. The first-order valence-electron chi connectivity index (χ1n) is 2.76. The summed E-state index contributed by atoms with van der Waals surface area (Å²) >= 11 is 1.38. The molecule has 0 aliphatic rings. The van der Waals surface area contributed by atoms with Gasteiger partial charge in [-0.3, -0.25) is 4.98 Å². The summed E-state index contributed by atoms with van der Waals surface area (Å²) in [4.78, 5) is 17.7. The molecule has 1 heterocycles. The van der Waals surface area contributed by atoms with Crippen LogP contribution in [0.25, 0.3) is 0 Å². The monoisotopic (exact) mass is 154 g/mol. The van der Waals surface area contributed by atoms with Crippen LogP contribution >= 0.6 is 11.8 Å². The summed E-state index contributed by atoms with van der Waals surface area (Å²) in [6.07, 6.45) is 5.69. The summed E-state index contributed by atoms with van der Waals surface area (Å²) in [6, 6.07) is 0. The molecule has 0 unspecified atom stereocenters. The summed E-state index contributed by atoms with van der Waals surface area (Å²) in [5.74, 6) is 0.443. The first-order chi connectivity index (χ1) is 4.93. The Labute approximate surface area is 62.9 Å². The highest BCUT2D eigenvalue weighted by Gasteiger charge is 1.90. The van der Waals surface area contributed by atoms with E-state index in [1.54, 1.807) is 18.6 Å². The lowest BCUT2D eigenvalue weighted by atomic mass is 10.8. The Bertz CT molecular complexity index is 202. The van der Waals surface area contributed by atoms with E-state index in [4.69, 9.17) is 0 Å². The van der Waals surface area contributed by atoms with Crippen LogP contribution < -0.4 is 0 Å². The maximum absolute atomic E-state index is 9.91. The molecule has 3 nitrogen and oxygen atoms in total. The van der Waals surface area contributed by atoms with E-state index >= 15 is 0 Å². The van der Waals surface area contributed by atoms with Crippen molar-refractivity contribution in [2.75, 3.05) is 5.75 Å². The van der Waals surface area contributed by atoms with Crippen LogP contribution in [-0.2, 0) is 4.79 Å². The molecular weight excluding hydrogens is 148 g/mol. The maximum Gasteiger partial charge on any atom is 0.130 e. The van der Waals surface area contributed by atoms with E-state index in [9.17, 15) is 4.79 Å². The molecule has 0 atom stereocenters. The fourth-order valence-electron chi connectivity index (χ4n) is 0.479. The first kappa shape index (κ1) is 7.21. The molecule has 1 aromatic rings. The lowest BCUT2D eigenvalue weighted by molar-refractivity contribution is -0.105. The van der Waals surface area contributed by atoms with E-state index in [1.807, 2.05) is 0 Å². The highest BCUT2D eigenvalue weighted by molar-refractivity contribution is 7.99. The van der Waals surface area contributed by atoms with Gasteiger partial charge >= 0.3 is 0 Å². The Morgan fingerprint density at radius 1 is 1.60 bits per heavy atom. The summed E-state index contributed by atoms with van der Waals surface area (Å²) < 4.78 is 0. The van der Waals surface area contributed by atoms with Gasteiger partial charge in [0.2, 0.25) is 0 Å². The van der Waals surface area contributed by atoms with Crippen molar-refractivity contribution in [2.45, 2.75) is 5.03 Å². The van der Waals surface area contributed by atoms with Gasteiger partial charge in [-0.1, -0.05) is 11.8 Å². The number of nitrogens with zero attached hydrogens (tertiary/aromatic N) is 2. The van der Waals surface area contributed by atoms with Crippen molar-refractivity contribution < 1.29 is 4.79 Å². The molecule has 1 aromatic heterocycles. The fourth-order valence-corrected chi connectivity index (χ4v) is 0.989. The lowest BCUT2D eigenvalue weighted by Crippen LogP contribution is -1.83. The van der Waals surface area contributed by atoms with Crippen LogP contribution in [0.1, 0.15) is 0 Å². The van der Waals surface area contributed by atoms with Gasteiger partial charge in [-0.25, -0.2) is 4.98 Å². The molecule has 0 aromatic carbocycles. The molecule has 0 amide bonds. The molecule has 52 valence electrons. The average molecular weight is 154 g/mol. The van der Waals surface area contributed by atoms with Gasteiger partial charge in [-0.05, 0) is 0 Å². The van der Waals surface area contributed by atoms with Gasteiger partial charge in [-0.2, -0.15) is 0 Å². The molecular formula is C6H6N2OS. The van der Waals surface area contributed by atoms with Crippen molar-refractivity contribution in [1.29, 1.82) is 0 Å². The highest BCUT2D eigenvalue weighted by atomic mass is 32.2. The summed E-state index contributed by atoms with van der Waals surface area (Å²) in [7, 11) is 0. The Morgan fingerprint density at radius 2 is 2.50 bits per heavy atom. The lowest BCUT2D eigenvalue weighted by Gasteiger charge is -1.91. The van der Waals surface area contributed by atoms with Gasteiger partial charge in [0.05, 0.1) is 11.9 Å². The zero-order valence-corrected chi connectivity index (χ0v) is 6.04. The van der Waals surface area contributed by atoms with Gasteiger partial charge in [0.25, 0.3) is 0 Å². The van der Waals surface area contributed by atoms with E-state index in [2.05, 4.69) is 9.97 Å². The second-order valence-corrected chi connectivity index (χ2v) is 2.56. The van der Waals surface area contributed by atoms with Crippen LogP contribution in [0.3, 0.4) is 0 Å². The largest absolute Gasteiger partial charge is 0.302 e. The quantitative estimate of drug-likeness (QED) is 0.476. The number of carbonyl (C=O) groups excluding carboxylic acids is 1. The zero-order valence-electron chi connectivity index (χ0n) is 5.23. The molecule has 0 spiro atoms. The van der Waals surface area contributed by atoms with Crippen LogP contribution in [0.5, 0.6) is 0 Å². The van der Waals surface area contributed by atoms with Gasteiger partial charge in [-0.15, -0.1) is 0 Å². The van der Waals surface area contributed by atoms with Crippen molar-refractivity contribution in [1.82, 2.24) is 9.97 Å². The van der Waals surface area contributed by atoms with E-state index in [-0.39, 0.29) is 0 Å². The van der Waals surface area contributed by atoms with Crippen molar-refractivity contribution in [2.24, 2.45) is 0 Å². The van der Waals surface area contributed by atoms with Crippen LogP contribution in [0.2, 0.25) is 0 Å². The Morgan fingerprint density at radius 3 is 3.10 bits per heavy atom. The molecule has 0 saturated heterocycles. The summed E-state index contributed by atoms with van der Waals surface area (Å²) in [5.41, 5.74) is 0. The number of aldehydes is 1. The van der Waals surface area contributed by atoms with E-state index < -0.39 is 0 Å². The van der Waals surface area contributed by atoms with Crippen LogP contribution in [0, 0.1) is 0 Å². The highest BCUT2D eigenvalue weighted by Crippen LogP contribution is 2.09. The zero-order chi connectivity index (χ0) is 7.23. The molecule has 0 fully saturated rings. The third-order valence-corrected chi connectivity index (χ3v) is 1.65. The Balaban J connectivity index is 2.50. The van der Waals surface area contributed by atoms with Crippen molar-refractivity contribution in [3.05, 3.63) is 18.6 Å². The third-order valence-electron chi connectivity index (χ3n) is 0.839. The average Bonchev–Trinajstić information content (AvgIpc) is 2.03. The number of aromatic nitrogens is 2. The number of thioether (sulfide) groups is 1. The van der Waals surface area contributed by atoms with Crippen molar-refractivity contribution >= 4 is 18.0 Å². The summed E-state index contributed by atoms with van der Waals surface area (Å²) in [5, 5.41) is 0.787. The Hall–Kier alpha value is -0.900. The number of carbonyl (C=O) groups is 1. The van der Waals surface area contributed by atoms with Crippen LogP contribution in [0.15, 0.2) is 23.6 Å². The van der Waals surface area contributed by atoms with Crippen molar-refractivity contribution in [3.8, 4) is 0 Å². The SMILES string of the molecule is O=CCSc1cnccn1. The smallest absolute Gasteiger partial charge is 0.130 e. The van der Waals surface area contributed by atoms with Crippen LogP contribution in [-0.4, -0.2) is 22.0 Å². The topological polar surface area (TPSA) is 42.9 Å². The van der Waals surface area contributed by atoms with Gasteiger partial charge in [0, 0.05) is 12.4 Å². The predicted octanol–water partition coefficient (Wildman–Crippen LogP) is 0.768. The fraction of sp³-hybridized carbons (Fsp3) is 0.167. The molecule has 0 aliphatic carbocycles. The molecule has 1 rings (SSSR count). The minimum absolute atomic E-state index is 0.443. The molecule has 0 bridgehead atoms. The van der Waals surface area contributed by atoms with E-state index in [1.165, 1.54) is 11.8 Å². The molecule has 0 N–H and O–H groups in total. The maximum atomic E-state index is 9.91. The van der Waals surface area contributed by atoms with Crippen LogP contribution in [0.4, 0.5) is 0 Å². The molecule has 10 heavy (non-hydrogen) atoms. The van der Waals surface area contributed by atoms with E-state index in [0.29, 0.717) is 5.75 Å². The van der Waals surface area contributed by atoms with Gasteiger partial charge in [0.1, 0.15) is 11.3 Å². The molecule has 0 radical (unpaired) electrons. The second kappa shape index (κ2) is 4.00. The third kappa shape index (κ3) is 2.14. The normalized spacial score (nSPS) is 9.20. The first-order valence-corrected chi connectivity index (χ1v) is 3.74. The molecule has 4 heteroatoms. The van der Waals surface area contributed by atoms with E-state index in [0.717, 1.165) is 11.3 Å². The number of rotatable bonds is 3. The van der Waals surface area contributed by atoms with Gasteiger partial charge < -0.3 is 4.79 Å². The predicted molar refractivity (Wildman–Crippen MR) is 38.8 cm³/mol.